The van der Waals surface area contributed by atoms with Crippen molar-refractivity contribution in [3.63, 3.8) is 0 Å². The lowest BCUT2D eigenvalue weighted by Gasteiger charge is -2.08. The molecule has 1 aromatic carbocycles. The van der Waals surface area contributed by atoms with Crippen molar-refractivity contribution in [2.45, 2.75) is 0 Å². The first-order valence-corrected chi connectivity index (χ1v) is 3.90. The molecule has 0 bridgehead atoms. The van der Waals surface area contributed by atoms with E-state index in [2.05, 4.69) is 0 Å². The maximum atomic E-state index is 5.75. The summed E-state index contributed by atoms with van der Waals surface area (Å²) in [6.07, 6.45) is 1.63. The number of hydrazine groups is 1. The Labute approximate surface area is 77.6 Å². The molecule has 4 heteroatoms. The standard InChI is InChI=1S/C9H14N4/c1-13(12)6-9(11)7-3-2-4-8(10)5-7/h2-6H,10-12H2,1H3/b9-6-. The Morgan fingerprint density at radius 1 is 1.46 bits per heavy atom. The van der Waals surface area contributed by atoms with Gasteiger partial charge in [-0.05, 0) is 12.1 Å². The van der Waals surface area contributed by atoms with Gasteiger partial charge < -0.3 is 16.5 Å². The SMILES string of the molecule is CN(N)/C=C(\N)c1cccc(N)c1. The predicted molar refractivity (Wildman–Crippen MR) is 55.0 cm³/mol. The lowest BCUT2D eigenvalue weighted by atomic mass is 10.1. The first-order valence-electron chi connectivity index (χ1n) is 3.90. The van der Waals surface area contributed by atoms with Crippen molar-refractivity contribution >= 4 is 11.4 Å². The van der Waals surface area contributed by atoms with Gasteiger partial charge in [0.2, 0.25) is 0 Å². The average molecular weight is 178 g/mol. The highest BCUT2D eigenvalue weighted by atomic mass is 15.4. The van der Waals surface area contributed by atoms with Crippen LogP contribution in [0.4, 0.5) is 5.69 Å². The molecule has 1 rings (SSSR count). The molecule has 0 spiro atoms. The van der Waals surface area contributed by atoms with Gasteiger partial charge in [0.1, 0.15) is 0 Å². The molecule has 0 atom stereocenters. The van der Waals surface area contributed by atoms with E-state index >= 15 is 0 Å². The van der Waals surface area contributed by atoms with E-state index in [4.69, 9.17) is 17.3 Å². The van der Waals surface area contributed by atoms with Gasteiger partial charge in [0.15, 0.2) is 0 Å². The minimum atomic E-state index is 0.595. The van der Waals surface area contributed by atoms with Crippen LogP contribution >= 0.6 is 0 Å². The van der Waals surface area contributed by atoms with E-state index in [1.807, 2.05) is 18.2 Å². The number of nitrogens with two attached hydrogens (primary N) is 3. The summed E-state index contributed by atoms with van der Waals surface area (Å²) in [6, 6.07) is 7.34. The second kappa shape index (κ2) is 3.82. The summed E-state index contributed by atoms with van der Waals surface area (Å²) in [5.74, 6) is 5.41. The molecule has 0 saturated carbocycles. The van der Waals surface area contributed by atoms with E-state index in [1.54, 1.807) is 19.3 Å². The Balaban J connectivity index is 2.95. The molecular formula is C9H14N4. The summed E-state index contributed by atoms with van der Waals surface area (Å²) >= 11 is 0. The van der Waals surface area contributed by atoms with Crippen molar-refractivity contribution in [3.05, 3.63) is 36.0 Å². The molecular weight excluding hydrogens is 164 g/mol. The van der Waals surface area contributed by atoms with Gasteiger partial charge in [0.25, 0.3) is 0 Å². The van der Waals surface area contributed by atoms with Gasteiger partial charge in [0.05, 0.1) is 5.70 Å². The van der Waals surface area contributed by atoms with Gasteiger partial charge in [-0.2, -0.15) is 0 Å². The molecule has 0 aliphatic carbocycles. The smallest absolute Gasteiger partial charge is 0.0564 e. The highest BCUT2D eigenvalue weighted by Gasteiger charge is 1.96. The molecule has 1 aromatic rings. The van der Waals surface area contributed by atoms with E-state index in [0.717, 1.165) is 5.56 Å². The van der Waals surface area contributed by atoms with Crippen LogP contribution in [0.15, 0.2) is 30.5 Å². The Kier molecular flexibility index (Phi) is 2.76. The molecule has 0 heterocycles. The predicted octanol–water partition coefficient (Wildman–Crippen LogP) is 0.331. The van der Waals surface area contributed by atoms with Crippen LogP contribution in [0.1, 0.15) is 5.56 Å². The molecule has 70 valence electrons. The summed E-state index contributed by atoms with van der Waals surface area (Å²) in [5.41, 5.74) is 13.5. The first-order chi connectivity index (χ1) is 6.09. The molecule has 0 aliphatic rings. The fourth-order valence-corrected chi connectivity index (χ4v) is 1.01. The topological polar surface area (TPSA) is 81.3 Å². The molecule has 0 aliphatic heterocycles. The Hall–Kier alpha value is -1.68. The van der Waals surface area contributed by atoms with Crippen LogP contribution in [0.3, 0.4) is 0 Å². The number of nitrogen functional groups attached to an aromatic ring is 1. The van der Waals surface area contributed by atoms with Gasteiger partial charge in [-0.3, -0.25) is 0 Å². The Morgan fingerprint density at radius 2 is 2.15 bits per heavy atom. The second-order valence-electron chi connectivity index (χ2n) is 2.88. The molecule has 0 amide bonds. The molecule has 0 saturated heterocycles. The van der Waals surface area contributed by atoms with Gasteiger partial charge in [-0.1, -0.05) is 12.1 Å². The second-order valence-corrected chi connectivity index (χ2v) is 2.88. The lowest BCUT2D eigenvalue weighted by Crippen LogP contribution is -2.20. The van der Waals surface area contributed by atoms with Crippen LogP contribution in [0.2, 0.25) is 0 Å². The fraction of sp³-hybridized carbons (Fsp3) is 0.111. The normalized spacial score (nSPS) is 11.4. The zero-order valence-corrected chi connectivity index (χ0v) is 7.57. The molecule has 0 radical (unpaired) electrons. The monoisotopic (exact) mass is 178 g/mol. The molecule has 4 nitrogen and oxygen atoms in total. The first kappa shape index (κ1) is 9.41. The van der Waals surface area contributed by atoms with E-state index in [0.29, 0.717) is 11.4 Å². The zero-order valence-electron chi connectivity index (χ0n) is 7.57. The summed E-state index contributed by atoms with van der Waals surface area (Å²) in [7, 11) is 1.71. The van der Waals surface area contributed by atoms with Crippen molar-refractivity contribution < 1.29 is 0 Å². The number of nitrogens with zero attached hydrogens (tertiary/aromatic N) is 1. The third kappa shape index (κ3) is 2.68. The molecule has 0 aromatic heterocycles. The number of hydrogen-bond donors (Lipinski definition) is 3. The summed E-state index contributed by atoms with van der Waals surface area (Å²) < 4.78 is 0. The van der Waals surface area contributed by atoms with Crippen molar-refractivity contribution in [3.8, 4) is 0 Å². The van der Waals surface area contributed by atoms with Crippen LogP contribution in [0.25, 0.3) is 5.70 Å². The Bertz CT molecular complexity index is 317. The van der Waals surface area contributed by atoms with E-state index in [9.17, 15) is 0 Å². The fourth-order valence-electron chi connectivity index (χ4n) is 1.01. The summed E-state index contributed by atoms with van der Waals surface area (Å²) in [4.78, 5) is 0. The zero-order chi connectivity index (χ0) is 9.84. The number of benzene rings is 1. The van der Waals surface area contributed by atoms with Gasteiger partial charge in [-0.15, -0.1) is 0 Å². The lowest BCUT2D eigenvalue weighted by molar-refractivity contribution is 0.486. The minimum absolute atomic E-state index is 0.595. The summed E-state index contributed by atoms with van der Waals surface area (Å²) in [5, 5.41) is 1.40. The summed E-state index contributed by atoms with van der Waals surface area (Å²) in [6.45, 7) is 0. The van der Waals surface area contributed by atoms with Crippen molar-refractivity contribution in [2.75, 3.05) is 12.8 Å². The van der Waals surface area contributed by atoms with Crippen LogP contribution in [-0.2, 0) is 0 Å². The molecule has 13 heavy (non-hydrogen) atoms. The van der Waals surface area contributed by atoms with Crippen LogP contribution in [-0.4, -0.2) is 12.1 Å². The van der Waals surface area contributed by atoms with Crippen molar-refractivity contribution in [2.24, 2.45) is 11.6 Å². The van der Waals surface area contributed by atoms with E-state index in [1.165, 1.54) is 5.01 Å². The third-order valence-electron chi connectivity index (χ3n) is 1.56. The van der Waals surface area contributed by atoms with Crippen molar-refractivity contribution in [1.29, 1.82) is 0 Å². The number of rotatable bonds is 2. The highest BCUT2D eigenvalue weighted by Crippen LogP contribution is 2.12. The van der Waals surface area contributed by atoms with Crippen LogP contribution in [0.5, 0.6) is 0 Å². The molecule has 0 fully saturated rings. The highest BCUT2D eigenvalue weighted by molar-refractivity contribution is 5.65. The van der Waals surface area contributed by atoms with Gasteiger partial charge >= 0.3 is 0 Å². The van der Waals surface area contributed by atoms with Gasteiger partial charge in [-0.25, -0.2) is 5.84 Å². The van der Waals surface area contributed by atoms with Gasteiger partial charge in [0, 0.05) is 24.5 Å². The number of anilines is 1. The molecule has 6 N–H and O–H groups in total. The van der Waals surface area contributed by atoms with Crippen LogP contribution < -0.4 is 17.3 Å². The largest absolute Gasteiger partial charge is 0.399 e. The van der Waals surface area contributed by atoms with Crippen molar-refractivity contribution in [1.82, 2.24) is 5.01 Å². The third-order valence-corrected chi connectivity index (χ3v) is 1.56. The minimum Gasteiger partial charge on any atom is -0.399 e. The van der Waals surface area contributed by atoms with Crippen LogP contribution in [0, 0.1) is 0 Å². The Morgan fingerprint density at radius 3 is 2.69 bits per heavy atom. The maximum Gasteiger partial charge on any atom is 0.0564 e. The van der Waals surface area contributed by atoms with E-state index < -0.39 is 0 Å². The van der Waals surface area contributed by atoms with E-state index in [-0.39, 0.29) is 0 Å². The quantitative estimate of drug-likeness (QED) is 0.346. The average Bonchev–Trinajstić information content (AvgIpc) is 2.03. The maximum absolute atomic E-state index is 5.75. The molecule has 0 unspecified atom stereocenters. The number of hydrogen-bond acceptors (Lipinski definition) is 4.